The Bertz CT molecular complexity index is 1440. The zero-order valence-electron chi connectivity index (χ0n) is 19.8. The molecule has 3 N–H and O–H groups in total. The first-order valence-corrected chi connectivity index (χ1v) is 13.4. The lowest BCUT2D eigenvalue weighted by molar-refractivity contribution is 0.323. The van der Waals surface area contributed by atoms with Gasteiger partial charge in [0, 0.05) is 53.4 Å². The molecule has 0 radical (unpaired) electrons. The van der Waals surface area contributed by atoms with Gasteiger partial charge in [-0.1, -0.05) is 25.1 Å². The largest absolute Gasteiger partial charge is 0.508 e. The number of phenols is 1. The van der Waals surface area contributed by atoms with Gasteiger partial charge in [-0.3, -0.25) is 14.2 Å². The Kier molecular flexibility index (Phi) is 6.53. The molecule has 0 saturated heterocycles. The lowest BCUT2D eigenvalue weighted by Gasteiger charge is -2.26. The molecule has 2 aromatic carbocycles. The molecule has 5 rings (SSSR count). The number of nitrogens with one attached hydrogen (secondary N) is 2. The number of rotatable bonds is 7. The third-order valence-electron chi connectivity index (χ3n) is 6.51. The molecule has 0 amide bonds. The van der Waals surface area contributed by atoms with E-state index >= 15 is 4.39 Å². The van der Waals surface area contributed by atoms with E-state index in [1.165, 1.54) is 0 Å². The summed E-state index contributed by atoms with van der Waals surface area (Å²) >= 11 is 0. The number of imidazole rings is 1. The standard InChI is InChI=1S/C26H28FN5O2S/c1-3-16-13-18(33)6-7-19(16)20-8-9-21-24(23(20)27)30-31-25(21)26-28-14-22(29-26)17-5-4-10-32(15-17)11-12-35(2)34/h5-9,13-14,33H,3-4,10-12,15H2,1-2H3,(H,28,29)(H,30,31). The second-order valence-electron chi connectivity index (χ2n) is 8.83. The highest BCUT2D eigenvalue weighted by Crippen LogP contribution is 2.35. The molecule has 1 aliphatic heterocycles. The highest BCUT2D eigenvalue weighted by atomic mass is 32.2. The maximum Gasteiger partial charge on any atom is 0.159 e. The van der Waals surface area contributed by atoms with Gasteiger partial charge in [0.2, 0.25) is 0 Å². The first kappa shape index (κ1) is 23.4. The van der Waals surface area contributed by atoms with Gasteiger partial charge in [0.25, 0.3) is 0 Å². The van der Waals surface area contributed by atoms with Crippen molar-refractivity contribution in [3.63, 3.8) is 0 Å². The van der Waals surface area contributed by atoms with Crippen LogP contribution in [0.3, 0.4) is 0 Å². The number of aromatic hydroxyl groups is 1. The number of fused-ring (bicyclic) bond motifs is 1. The number of nitrogens with zero attached hydrogens (tertiary/aromatic N) is 3. The van der Waals surface area contributed by atoms with Crippen LogP contribution in [-0.4, -0.2) is 66.0 Å². The maximum atomic E-state index is 15.6. The Labute approximate surface area is 205 Å². The molecule has 3 heterocycles. The van der Waals surface area contributed by atoms with E-state index in [0.717, 1.165) is 48.4 Å². The van der Waals surface area contributed by atoms with Crippen LogP contribution in [0.1, 0.15) is 24.6 Å². The van der Waals surface area contributed by atoms with Crippen LogP contribution in [0, 0.1) is 5.82 Å². The van der Waals surface area contributed by atoms with Crippen LogP contribution in [0.25, 0.3) is 39.1 Å². The topological polar surface area (TPSA) is 97.9 Å². The van der Waals surface area contributed by atoms with Gasteiger partial charge in [-0.05, 0) is 47.7 Å². The second-order valence-corrected chi connectivity index (χ2v) is 10.4. The molecule has 0 aliphatic carbocycles. The minimum absolute atomic E-state index is 0.166. The fourth-order valence-corrected chi connectivity index (χ4v) is 5.15. The zero-order valence-corrected chi connectivity index (χ0v) is 20.6. The van der Waals surface area contributed by atoms with Gasteiger partial charge < -0.3 is 10.1 Å². The molecule has 35 heavy (non-hydrogen) atoms. The number of H-pyrrole nitrogens is 2. The summed E-state index contributed by atoms with van der Waals surface area (Å²) in [4.78, 5) is 10.2. The fourth-order valence-electron chi connectivity index (χ4n) is 4.63. The van der Waals surface area contributed by atoms with E-state index < -0.39 is 16.6 Å². The van der Waals surface area contributed by atoms with Crippen molar-refractivity contribution in [3.05, 3.63) is 59.7 Å². The van der Waals surface area contributed by atoms with Crippen LogP contribution in [0.4, 0.5) is 4.39 Å². The quantitative estimate of drug-likeness (QED) is 0.352. The molecule has 1 atom stereocenters. The summed E-state index contributed by atoms with van der Waals surface area (Å²) in [6, 6.07) is 8.59. The minimum atomic E-state index is -0.806. The first-order valence-electron chi connectivity index (χ1n) is 11.7. The van der Waals surface area contributed by atoms with Crippen molar-refractivity contribution in [2.45, 2.75) is 19.8 Å². The van der Waals surface area contributed by atoms with Crippen LogP contribution >= 0.6 is 0 Å². The molecule has 0 spiro atoms. The summed E-state index contributed by atoms with van der Waals surface area (Å²) in [5, 5.41) is 17.7. The second kappa shape index (κ2) is 9.75. The molecule has 1 aliphatic rings. The van der Waals surface area contributed by atoms with E-state index in [-0.39, 0.29) is 11.3 Å². The summed E-state index contributed by atoms with van der Waals surface area (Å²) in [5.41, 5.74) is 5.01. The van der Waals surface area contributed by atoms with Gasteiger partial charge in [0.05, 0.1) is 11.9 Å². The zero-order chi connectivity index (χ0) is 24.5. The van der Waals surface area contributed by atoms with Crippen LogP contribution < -0.4 is 0 Å². The van der Waals surface area contributed by atoms with Crippen LogP contribution in [0.15, 0.2) is 42.6 Å². The number of aromatic amines is 2. The predicted molar refractivity (Wildman–Crippen MR) is 138 cm³/mol. The SMILES string of the molecule is CCc1cc(O)ccc1-c1ccc2c(-c3ncc(C4=CCCN(CCS(C)=O)C4)[nH]3)[nH]nc2c1F. The Hall–Kier alpha value is -3.30. The Morgan fingerprint density at radius 2 is 2.06 bits per heavy atom. The molecule has 0 bridgehead atoms. The van der Waals surface area contributed by atoms with Gasteiger partial charge in [0.1, 0.15) is 17.0 Å². The number of hydrogen-bond donors (Lipinski definition) is 3. The number of hydrogen-bond acceptors (Lipinski definition) is 5. The Balaban J connectivity index is 1.44. The highest BCUT2D eigenvalue weighted by Gasteiger charge is 2.20. The van der Waals surface area contributed by atoms with E-state index in [1.54, 1.807) is 36.7 Å². The smallest absolute Gasteiger partial charge is 0.159 e. The summed E-state index contributed by atoms with van der Waals surface area (Å²) in [7, 11) is -0.806. The van der Waals surface area contributed by atoms with Crippen LogP contribution in [-0.2, 0) is 17.2 Å². The van der Waals surface area contributed by atoms with E-state index in [4.69, 9.17) is 0 Å². The van der Waals surface area contributed by atoms with Crippen LogP contribution in [0.5, 0.6) is 5.75 Å². The third kappa shape index (κ3) is 4.66. The molecule has 0 saturated carbocycles. The highest BCUT2D eigenvalue weighted by molar-refractivity contribution is 7.84. The number of aromatic nitrogens is 4. The molecule has 182 valence electrons. The molecule has 0 fully saturated rings. The van der Waals surface area contributed by atoms with E-state index in [9.17, 15) is 9.32 Å². The molecular weight excluding hydrogens is 465 g/mol. The molecule has 9 heteroatoms. The number of phenolic OH excluding ortho intramolecular Hbond substituents is 1. The van der Waals surface area contributed by atoms with Gasteiger partial charge in [-0.2, -0.15) is 5.10 Å². The number of aryl methyl sites for hydroxylation is 1. The van der Waals surface area contributed by atoms with Crippen molar-refractivity contribution in [3.8, 4) is 28.4 Å². The average Bonchev–Trinajstić information content (AvgIpc) is 3.51. The Morgan fingerprint density at radius 3 is 2.86 bits per heavy atom. The summed E-state index contributed by atoms with van der Waals surface area (Å²) in [6.45, 7) is 4.50. The maximum absolute atomic E-state index is 15.6. The molecule has 7 nitrogen and oxygen atoms in total. The summed E-state index contributed by atoms with van der Waals surface area (Å²) < 4.78 is 27.0. The van der Waals surface area contributed by atoms with Crippen molar-refractivity contribution >= 4 is 27.3 Å². The monoisotopic (exact) mass is 493 g/mol. The normalized spacial score (nSPS) is 15.5. The molecule has 1 unspecified atom stereocenters. The van der Waals surface area contributed by atoms with Crippen molar-refractivity contribution in [1.29, 1.82) is 0 Å². The molecular formula is C26H28FN5O2S. The lowest BCUT2D eigenvalue weighted by atomic mass is 9.96. The van der Waals surface area contributed by atoms with Gasteiger partial charge >= 0.3 is 0 Å². The predicted octanol–water partition coefficient (Wildman–Crippen LogP) is 4.49. The number of benzene rings is 2. The van der Waals surface area contributed by atoms with Crippen LogP contribution in [0.2, 0.25) is 0 Å². The van der Waals surface area contributed by atoms with E-state index in [2.05, 4.69) is 31.1 Å². The van der Waals surface area contributed by atoms with Crippen molar-refractivity contribution in [2.75, 3.05) is 31.6 Å². The minimum Gasteiger partial charge on any atom is -0.508 e. The van der Waals surface area contributed by atoms with Gasteiger partial charge in [-0.25, -0.2) is 9.37 Å². The fraction of sp³-hybridized carbons (Fsp3) is 0.308. The van der Waals surface area contributed by atoms with E-state index in [0.29, 0.717) is 34.6 Å². The van der Waals surface area contributed by atoms with Crippen molar-refractivity contribution in [2.24, 2.45) is 0 Å². The lowest BCUT2D eigenvalue weighted by Crippen LogP contribution is -2.32. The molecule has 4 aromatic rings. The molecule has 2 aromatic heterocycles. The number of halogens is 1. The van der Waals surface area contributed by atoms with Crippen molar-refractivity contribution < 1.29 is 13.7 Å². The van der Waals surface area contributed by atoms with Gasteiger partial charge in [-0.15, -0.1) is 0 Å². The van der Waals surface area contributed by atoms with E-state index in [1.807, 2.05) is 13.0 Å². The van der Waals surface area contributed by atoms with Crippen molar-refractivity contribution in [1.82, 2.24) is 25.1 Å². The average molecular weight is 494 g/mol. The summed E-state index contributed by atoms with van der Waals surface area (Å²) in [5.74, 6) is 1.02. The summed E-state index contributed by atoms with van der Waals surface area (Å²) in [6.07, 6.45) is 7.33. The van der Waals surface area contributed by atoms with Gasteiger partial charge in [0.15, 0.2) is 11.6 Å². The Morgan fingerprint density at radius 1 is 1.23 bits per heavy atom. The first-order chi connectivity index (χ1) is 16.9. The third-order valence-corrected chi connectivity index (χ3v) is 7.27.